The number of unbranched alkanes of at least 4 members (excludes halogenated alkanes) is 1. The van der Waals surface area contributed by atoms with Crippen molar-refractivity contribution in [2.45, 2.75) is 25.3 Å². The summed E-state index contributed by atoms with van der Waals surface area (Å²) in [6, 6.07) is -0.466. The first-order valence-corrected chi connectivity index (χ1v) is 4.44. The van der Waals surface area contributed by atoms with Gasteiger partial charge in [0.15, 0.2) is 0 Å². The summed E-state index contributed by atoms with van der Waals surface area (Å²) in [4.78, 5) is 11.1. The predicted molar refractivity (Wildman–Crippen MR) is 81.7 cm³/mol. The summed E-state index contributed by atoms with van der Waals surface area (Å²) < 4.78 is 0. The summed E-state index contributed by atoms with van der Waals surface area (Å²) >= 11 is 0. The molecule has 0 saturated carbocycles. The van der Waals surface area contributed by atoms with Crippen molar-refractivity contribution in [1.82, 2.24) is 5.32 Å². The van der Waals surface area contributed by atoms with E-state index in [4.69, 9.17) is 16.9 Å². The topological polar surface area (TPSA) is 105 Å². The highest BCUT2D eigenvalue weighted by Gasteiger charge is 2.10. The fourth-order valence-corrected chi connectivity index (χ4v) is 0.922. The van der Waals surface area contributed by atoms with E-state index in [0.717, 1.165) is 19.1 Å². The second-order valence-electron chi connectivity index (χ2n) is 2.84. The fraction of sp³-hybridized carbons (Fsp3) is 0.750. The van der Waals surface area contributed by atoms with Gasteiger partial charge >= 0.3 is 0 Å². The molecule has 0 rings (SSSR count). The molecule has 0 fully saturated rings. The van der Waals surface area contributed by atoms with E-state index in [1.807, 2.05) is 0 Å². The molecule has 0 unspecified atom stereocenters. The maximum absolute atomic E-state index is 11.1. The van der Waals surface area contributed by atoms with E-state index in [-0.39, 0.29) is 62.1 Å². The monoisotopic (exact) mass is 330 g/mol. The number of hydrogen-bond acceptors (Lipinski definition) is 4. The van der Waals surface area contributed by atoms with E-state index in [0.29, 0.717) is 13.0 Å². The number of nitrogens with two attached hydrogens (primary N) is 2. The van der Waals surface area contributed by atoms with E-state index in [1.165, 1.54) is 0 Å². The Labute approximate surface area is 127 Å². The van der Waals surface area contributed by atoms with Crippen molar-refractivity contribution in [3.63, 3.8) is 0 Å². The molecule has 0 aromatic heterocycles. The van der Waals surface area contributed by atoms with Gasteiger partial charge in [-0.3, -0.25) is 4.79 Å². The molecule has 0 aliphatic rings. The van der Waals surface area contributed by atoms with Crippen LogP contribution in [0.25, 0.3) is 0 Å². The molecule has 0 aromatic rings. The second kappa shape index (κ2) is 21.5. The second-order valence-corrected chi connectivity index (χ2v) is 2.84. The Kier molecular flexibility index (Phi) is 38.4. The van der Waals surface area contributed by atoms with E-state index in [2.05, 4.69) is 5.32 Å². The van der Waals surface area contributed by atoms with Crippen LogP contribution < -0.4 is 16.8 Å². The maximum Gasteiger partial charge on any atom is 0.237 e. The Morgan fingerprint density at radius 3 is 2.18 bits per heavy atom. The lowest BCUT2D eigenvalue weighted by atomic mass is 10.1. The molecule has 6 N–H and O–H groups in total. The van der Waals surface area contributed by atoms with Gasteiger partial charge in [-0.2, -0.15) is 0 Å². The normalized spacial score (nSPS) is 9.29. The molecule has 0 radical (unpaired) electrons. The lowest BCUT2D eigenvalue weighted by Crippen LogP contribution is -2.41. The SMILES string of the molecule is Cl.Cl.Cl.Cl.N=CCNC(=O)[C@@H](N)CCCCN. The Bertz CT molecular complexity index is 174. The van der Waals surface area contributed by atoms with Crippen LogP contribution in [-0.4, -0.2) is 31.3 Å². The molecule has 0 aliphatic carbocycles. The molecule has 0 aliphatic heterocycles. The van der Waals surface area contributed by atoms with Gasteiger partial charge in [-0.05, 0) is 19.4 Å². The highest BCUT2D eigenvalue weighted by atomic mass is 35.5. The zero-order valence-corrected chi connectivity index (χ0v) is 12.7. The highest BCUT2D eigenvalue weighted by molar-refractivity contribution is 5.86. The first-order valence-electron chi connectivity index (χ1n) is 4.44. The third-order valence-corrected chi connectivity index (χ3v) is 1.68. The Hall–Kier alpha value is 0.220. The zero-order valence-electron chi connectivity index (χ0n) is 9.39. The Balaban J connectivity index is -0.000000120. The number of halogens is 4. The van der Waals surface area contributed by atoms with Gasteiger partial charge in [-0.15, -0.1) is 49.6 Å². The molecular weight excluding hydrogens is 310 g/mol. The van der Waals surface area contributed by atoms with Crippen molar-refractivity contribution in [3.05, 3.63) is 0 Å². The zero-order chi connectivity index (χ0) is 10.1. The minimum absolute atomic E-state index is 0. The molecule has 0 bridgehead atoms. The quantitative estimate of drug-likeness (QED) is 0.411. The summed E-state index contributed by atoms with van der Waals surface area (Å²) in [5.41, 5.74) is 10.9. The highest BCUT2D eigenvalue weighted by Crippen LogP contribution is 1.97. The average Bonchev–Trinajstić information content (AvgIpc) is 2.14. The number of carbonyl (C=O) groups is 1. The number of rotatable bonds is 7. The summed E-state index contributed by atoms with van der Waals surface area (Å²) in [5.74, 6) is -0.194. The Morgan fingerprint density at radius 2 is 1.76 bits per heavy atom. The van der Waals surface area contributed by atoms with Gasteiger partial charge in [0.05, 0.1) is 12.6 Å². The molecule has 0 aromatic carbocycles. The fourth-order valence-electron chi connectivity index (χ4n) is 0.922. The molecular formula is C8H22Cl4N4O. The van der Waals surface area contributed by atoms with Crippen LogP contribution in [0.1, 0.15) is 19.3 Å². The first-order chi connectivity index (χ1) is 6.22. The molecule has 9 heteroatoms. The van der Waals surface area contributed by atoms with Gasteiger partial charge in [0.25, 0.3) is 0 Å². The number of hydrogen-bond donors (Lipinski definition) is 4. The smallest absolute Gasteiger partial charge is 0.237 e. The summed E-state index contributed by atoms with van der Waals surface area (Å²) in [6.07, 6.45) is 3.55. The molecule has 0 saturated heterocycles. The van der Waals surface area contributed by atoms with Crippen molar-refractivity contribution < 1.29 is 4.79 Å². The van der Waals surface area contributed by atoms with Crippen molar-refractivity contribution in [2.75, 3.05) is 13.1 Å². The first kappa shape index (κ1) is 30.3. The molecule has 108 valence electrons. The average molecular weight is 332 g/mol. The Morgan fingerprint density at radius 1 is 1.24 bits per heavy atom. The van der Waals surface area contributed by atoms with Crippen LogP contribution in [0.15, 0.2) is 0 Å². The van der Waals surface area contributed by atoms with Crippen molar-refractivity contribution in [2.24, 2.45) is 11.5 Å². The minimum Gasteiger partial charge on any atom is -0.350 e. The number of amides is 1. The van der Waals surface area contributed by atoms with E-state index < -0.39 is 6.04 Å². The van der Waals surface area contributed by atoms with Crippen LogP contribution in [0.3, 0.4) is 0 Å². The van der Waals surface area contributed by atoms with Gasteiger partial charge in [0.2, 0.25) is 5.91 Å². The van der Waals surface area contributed by atoms with Crippen molar-refractivity contribution in [3.8, 4) is 0 Å². The van der Waals surface area contributed by atoms with Crippen LogP contribution in [0.5, 0.6) is 0 Å². The third kappa shape index (κ3) is 18.8. The van der Waals surface area contributed by atoms with Crippen LogP contribution in [0.4, 0.5) is 0 Å². The van der Waals surface area contributed by atoms with Gasteiger partial charge in [0, 0.05) is 6.21 Å². The summed E-state index contributed by atoms with van der Waals surface area (Å²) in [7, 11) is 0. The summed E-state index contributed by atoms with van der Waals surface area (Å²) in [5, 5.41) is 9.23. The standard InChI is InChI=1S/C8H18N4O.4ClH/c9-4-2-1-3-7(11)8(13)12-6-5-10;;;;/h5,7,10H,1-4,6,9,11H2,(H,12,13);4*1H/t7-;;;;/m0..../s1. The van der Waals surface area contributed by atoms with E-state index in [9.17, 15) is 4.79 Å². The predicted octanol–water partition coefficient (Wildman–Crippen LogP) is 0.896. The van der Waals surface area contributed by atoms with Crippen LogP contribution in [0.2, 0.25) is 0 Å². The van der Waals surface area contributed by atoms with Gasteiger partial charge in [0.1, 0.15) is 0 Å². The minimum atomic E-state index is -0.466. The van der Waals surface area contributed by atoms with Crippen LogP contribution in [0, 0.1) is 5.41 Å². The number of carbonyl (C=O) groups excluding carboxylic acids is 1. The largest absolute Gasteiger partial charge is 0.350 e. The van der Waals surface area contributed by atoms with E-state index >= 15 is 0 Å². The maximum atomic E-state index is 11.1. The molecule has 17 heavy (non-hydrogen) atoms. The molecule has 0 spiro atoms. The third-order valence-electron chi connectivity index (χ3n) is 1.68. The summed E-state index contributed by atoms with van der Waals surface area (Å²) in [6.45, 7) is 0.887. The van der Waals surface area contributed by atoms with E-state index in [1.54, 1.807) is 0 Å². The van der Waals surface area contributed by atoms with Gasteiger partial charge in [-0.1, -0.05) is 6.42 Å². The lowest BCUT2D eigenvalue weighted by molar-refractivity contribution is -0.122. The van der Waals surface area contributed by atoms with Crippen molar-refractivity contribution >= 4 is 61.7 Å². The lowest BCUT2D eigenvalue weighted by Gasteiger charge is -2.09. The van der Waals surface area contributed by atoms with Crippen LogP contribution >= 0.6 is 49.6 Å². The molecule has 0 heterocycles. The molecule has 1 atom stereocenters. The van der Waals surface area contributed by atoms with Gasteiger partial charge < -0.3 is 22.2 Å². The molecule has 1 amide bonds. The molecule has 5 nitrogen and oxygen atoms in total. The van der Waals surface area contributed by atoms with Crippen molar-refractivity contribution in [1.29, 1.82) is 5.41 Å². The van der Waals surface area contributed by atoms with Crippen LogP contribution in [-0.2, 0) is 4.79 Å². The van der Waals surface area contributed by atoms with Gasteiger partial charge in [-0.25, -0.2) is 0 Å². The number of nitrogens with one attached hydrogen (secondary N) is 2.